The summed E-state index contributed by atoms with van der Waals surface area (Å²) >= 11 is 0. The van der Waals surface area contributed by atoms with Crippen LogP contribution in [0, 0.1) is 0 Å². The summed E-state index contributed by atoms with van der Waals surface area (Å²) < 4.78 is 5.49. The van der Waals surface area contributed by atoms with E-state index in [-0.39, 0.29) is 18.5 Å². The summed E-state index contributed by atoms with van der Waals surface area (Å²) in [4.78, 5) is 13.3. The molecule has 1 amide bonds. The Morgan fingerprint density at radius 3 is 2.84 bits per heavy atom. The molecule has 19 heavy (non-hydrogen) atoms. The lowest BCUT2D eigenvalue weighted by Crippen LogP contribution is -2.44. The fourth-order valence-electron chi connectivity index (χ4n) is 2.42. The Labute approximate surface area is 113 Å². The van der Waals surface area contributed by atoms with Crippen LogP contribution < -0.4 is 11.5 Å². The number of nitrogen functional groups attached to an aromatic ring is 1. The molecule has 104 valence electrons. The van der Waals surface area contributed by atoms with Crippen molar-refractivity contribution in [3.63, 3.8) is 0 Å². The summed E-state index contributed by atoms with van der Waals surface area (Å²) in [7, 11) is 0. The van der Waals surface area contributed by atoms with Crippen LogP contribution in [0.5, 0.6) is 0 Å². The SMILES string of the molecule is NC(=O)CN(Cc1ccccc1N)C1CCCOC1. The van der Waals surface area contributed by atoms with E-state index in [4.69, 9.17) is 16.2 Å². The standard InChI is InChI=1S/C14H21N3O2/c15-13-6-2-1-4-11(13)8-17(9-14(16)18)12-5-3-7-19-10-12/h1-2,4,6,12H,3,5,7-10,15H2,(H2,16,18). The van der Waals surface area contributed by atoms with Gasteiger partial charge in [0.25, 0.3) is 0 Å². The van der Waals surface area contributed by atoms with Crippen molar-refractivity contribution in [2.75, 3.05) is 25.5 Å². The molecule has 0 aliphatic carbocycles. The molecule has 2 rings (SSSR count). The number of carbonyl (C=O) groups is 1. The van der Waals surface area contributed by atoms with E-state index in [1.165, 1.54) is 0 Å². The molecule has 0 saturated carbocycles. The quantitative estimate of drug-likeness (QED) is 0.768. The Hall–Kier alpha value is -1.59. The zero-order valence-electron chi connectivity index (χ0n) is 11.0. The van der Waals surface area contributed by atoms with Gasteiger partial charge >= 0.3 is 0 Å². The molecule has 5 nitrogen and oxygen atoms in total. The fraction of sp³-hybridized carbons (Fsp3) is 0.500. The van der Waals surface area contributed by atoms with E-state index >= 15 is 0 Å². The molecule has 0 bridgehead atoms. The number of benzene rings is 1. The molecule has 0 spiro atoms. The largest absolute Gasteiger partial charge is 0.398 e. The highest BCUT2D eigenvalue weighted by molar-refractivity contribution is 5.76. The van der Waals surface area contributed by atoms with Crippen LogP contribution in [0.25, 0.3) is 0 Å². The number of amides is 1. The maximum absolute atomic E-state index is 11.2. The first-order valence-electron chi connectivity index (χ1n) is 6.60. The van der Waals surface area contributed by atoms with Crippen molar-refractivity contribution in [2.24, 2.45) is 5.73 Å². The van der Waals surface area contributed by atoms with Crippen molar-refractivity contribution in [3.8, 4) is 0 Å². The molecule has 5 heteroatoms. The summed E-state index contributed by atoms with van der Waals surface area (Å²) in [6.45, 7) is 2.32. The van der Waals surface area contributed by atoms with Crippen LogP contribution >= 0.6 is 0 Å². The van der Waals surface area contributed by atoms with Gasteiger partial charge in [0.2, 0.25) is 5.91 Å². The zero-order valence-corrected chi connectivity index (χ0v) is 11.0. The summed E-state index contributed by atoms with van der Waals surface area (Å²) in [5.74, 6) is -0.319. The molecular formula is C14H21N3O2. The van der Waals surface area contributed by atoms with E-state index in [9.17, 15) is 4.79 Å². The highest BCUT2D eigenvalue weighted by atomic mass is 16.5. The van der Waals surface area contributed by atoms with Crippen LogP contribution in [0.4, 0.5) is 5.69 Å². The molecule has 1 aliphatic rings. The van der Waals surface area contributed by atoms with E-state index < -0.39 is 0 Å². The van der Waals surface area contributed by atoms with Crippen LogP contribution in [0.3, 0.4) is 0 Å². The number of anilines is 1. The van der Waals surface area contributed by atoms with E-state index in [1.807, 2.05) is 24.3 Å². The lowest BCUT2D eigenvalue weighted by molar-refractivity contribution is -0.120. The maximum Gasteiger partial charge on any atom is 0.231 e. The third kappa shape index (κ3) is 3.94. The van der Waals surface area contributed by atoms with Crippen LogP contribution in [0.2, 0.25) is 0 Å². The second-order valence-electron chi connectivity index (χ2n) is 4.94. The van der Waals surface area contributed by atoms with Gasteiger partial charge in [-0.1, -0.05) is 18.2 Å². The molecule has 1 atom stereocenters. The summed E-state index contributed by atoms with van der Waals surface area (Å²) in [6, 6.07) is 7.94. The van der Waals surface area contributed by atoms with Gasteiger partial charge in [-0.15, -0.1) is 0 Å². The highest BCUT2D eigenvalue weighted by Gasteiger charge is 2.23. The fourth-order valence-corrected chi connectivity index (χ4v) is 2.42. The Balaban J connectivity index is 2.08. The minimum atomic E-state index is -0.319. The molecule has 1 fully saturated rings. The van der Waals surface area contributed by atoms with Gasteiger partial charge in [-0.05, 0) is 24.5 Å². The average Bonchev–Trinajstić information content (AvgIpc) is 2.41. The Bertz CT molecular complexity index is 430. The van der Waals surface area contributed by atoms with Crippen molar-refractivity contribution in [2.45, 2.75) is 25.4 Å². The number of nitrogens with zero attached hydrogens (tertiary/aromatic N) is 1. The average molecular weight is 263 g/mol. The molecule has 1 unspecified atom stereocenters. The number of rotatable bonds is 5. The first kappa shape index (κ1) is 13.8. The van der Waals surface area contributed by atoms with Crippen molar-refractivity contribution < 1.29 is 9.53 Å². The normalized spacial score (nSPS) is 19.5. The predicted octanol–water partition coefficient (Wildman–Crippen LogP) is 0.735. The minimum Gasteiger partial charge on any atom is -0.398 e. The highest BCUT2D eigenvalue weighted by Crippen LogP contribution is 2.19. The summed E-state index contributed by atoms with van der Waals surface area (Å²) in [5.41, 5.74) is 13.1. The smallest absolute Gasteiger partial charge is 0.231 e. The molecule has 0 aromatic heterocycles. The van der Waals surface area contributed by atoms with Gasteiger partial charge in [0.1, 0.15) is 0 Å². The van der Waals surface area contributed by atoms with Gasteiger partial charge in [0.05, 0.1) is 13.2 Å². The van der Waals surface area contributed by atoms with Crippen molar-refractivity contribution >= 4 is 11.6 Å². The molecular weight excluding hydrogens is 242 g/mol. The summed E-state index contributed by atoms with van der Waals surface area (Å²) in [5, 5.41) is 0. The van der Waals surface area contributed by atoms with Crippen LogP contribution in [-0.2, 0) is 16.1 Å². The minimum absolute atomic E-state index is 0.237. The lowest BCUT2D eigenvalue weighted by atomic mass is 10.1. The Morgan fingerprint density at radius 2 is 2.21 bits per heavy atom. The monoisotopic (exact) mass is 263 g/mol. The topological polar surface area (TPSA) is 81.6 Å². The molecule has 1 aromatic rings. The van der Waals surface area contributed by atoms with Crippen molar-refractivity contribution in [3.05, 3.63) is 29.8 Å². The molecule has 1 heterocycles. The number of para-hydroxylation sites is 1. The third-order valence-corrected chi connectivity index (χ3v) is 3.44. The van der Waals surface area contributed by atoms with E-state index in [0.717, 1.165) is 30.7 Å². The Morgan fingerprint density at radius 1 is 1.42 bits per heavy atom. The zero-order chi connectivity index (χ0) is 13.7. The van der Waals surface area contributed by atoms with Gasteiger partial charge in [-0.2, -0.15) is 0 Å². The molecule has 1 aliphatic heterocycles. The predicted molar refractivity (Wildman–Crippen MR) is 74.3 cm³/mol. The van der Waals surface area contributed by atoms with Crippen LogP contribution in [0.1, 0.15) is 18.4 Å². The van der Waals surface area contributed by atoms with Gasteiger partial charge in [-0.25, -0.2) is 0 Å². The second-order valence-corrected chi connectivity index (χ2v) is 4.94. The lowest BCUT2D eigenvalue weighted by Gasteiger charge is -2.33. The number of nitrogens with two attached hydrogens (primary N) is 2. The van der Waals surface area contributed by atoms with Crippen LogP contribution in [-0.4, -0.2) is 36.6 Å². The van der Waals surface area contributed by atoms with Crippen molar-refractivity contribution in [1.29, 1.82) is 0 Å². The number of carbonyl (C=O) groups excluding carboxylic acids is 1. The van der Waals surface area contributed by atoms with E-state index in [0.29, 0.717) is 13.2 Å². The third-order valence-electron chi connectivity index (χ3n) is 3.44. The van der Waals surface area contributed by atoms with Gasteiger partial charge in [-0.3, -0.25) is 9.69 Å². The number of hydrogen-bond donors (Lipinski definition) is 2. The molecule has 1 aromatic carbocycles. The van der Waals surface area contributed by atoms with Gasteiger partial charge < -0.3 is 16.2 Å². The molecule has 0 radical (unpaired) electrons. The van der Waals surface area contributed by atoms with E-state index in [1.54, 1.807) is 0 Å². The van der Waals surface area contributed by atoms with Crippen LogP contribution in [0.15, 0.2) is 24.3 Å². The second kappa shape index (κ2) is 6.54. The molecule has 4 N–H and O–H groups in total. The molecule has 1 saturated heterocycles. The van der Waals surface area contributed by atoms with Gasteiger partial charge in [0, 0.05) is 24.9 Å². The number of hydrogen-bond acceptors (Lipinski definition) is 4. The first-order chi connectivity index (χ1) is 9.16. The Kier molecular flexibility index (Phi) is 4.76. The summed E-state index contributed by atoms with van der Waals surface area (Å²) in [6.07, 6.45) is 2.05. The van der Waals surface area contributed by atoms with Crippen molar-refractivity contribution in [1.82, 2.24) is 4.90 Å². The number of primary amides is 1. The first-order valence-corrected chi connectivity index (χ1v) is 6.60. The van der Waals surface area contributed by atoms with E-state index in [2.05, 4.69) is 4.90 Å². The van der Waals surface area contributed by atoms with Gasteiger partial charge in [0.15, 0.2) is 0 Å². The number of ether oxygens (including phenoxy) is 1. The maximum atomic E-state index is 11.2.